The summed E-state index contributed by atoms with van der Waals surface area (Å²) in [6, 6.07) is 6.70. The second-order valence-corrected chi connectivity index (χ2v) is 14.7. The molecule has 1 aromatic carbocycles. The molecule has 0 radical (unpaired) electrons. The van der Waals surface area contributed by atoms with Crippen molar-refractivity contribution in [3.63, 3.8) is 0 Å². The van der Waals surface area contributed by atoms with E-state index >= 15 is 0 Å². The van der Waals surface area contributed by atoms with Crippen molar-refractivity contribution in [3.05, 3.63) is 59.4 Å². The number of rotatable bonds is 4. The number of allylic oxidation sites excluding steroid dienone is 3. The number of hydrogen-bond acceptors (Lipinski definition) is 9. The van der Waals surface area contributed by atoms with Gasteiger partial charge in [0.15, 0.2) is 17.3 Å². The molecule has 3 aromatic rings. The van der Waals surface area contributed by atoms with Gasteiger partial charge in [-0.25, -0.2) is 36.9 Å². The Hall–Kier alpha value is -3.58. The molecule has 0 saturated carbocycles. The fourth-order valence-electron chi connectivity index (χ4n) is 4.04. The Morgan fingerprint density at radius 1 is 1.00 bits per heavy atom. The number of aromatic nitrogens is 4. The van der Waals surface area contributed by atoms with E-state index in [0.717, 1.165) is 3.97 Å². The number of benzene rings is 1. The van der Waals surface area contributed by atoms with Crippen LogP contribution in [0.15, 0.2) is 59.4 Å². The van der Waals surface area contributed by atoms with Gasteiger partial charge >= 0.3 is 12.2 Å². The van der Waals surface area contributed by atoms with E-state index in [1.165, 1.54) is 6.20 Å². The van der Waals surface area contributed by atoms with Crippen LogP contribution in [-0.2, 0) is 19.5 Å². The zero-order valence-corrected chi connectivity index (χ0v) is 26.3. The summed E-state index contributed by atoms with van der Waals surface area (Å²) in [6.07, 6.45) is 6.17. The summed E-state index contributed by atoms with van der Waals surface area (Å²) in [5.41, 5.74) is -1.47. The van der Waals surface area contributed by atoms with Crippen molar-refractivity contribution in [3.8, 4) is 11.5 Å². The molecule has 0 N–H and O–H groups in total. The molecule has 0 fully saturated rings. The Balaban J connectivity index is 2.03. The maximum Gasteiger partial charge on any atom is 0.425 e. The number of carbonyl (C=O) groups is 2. The SMILES string of the molecule is CC(C)(C)OC(=O)N(C(=O)OC(C)(C)C)c1ncc(Br)nc1-c1nc2ccccc2n1S(=O)(=O)C1(C)C=CC=CC1. The van der Waals surface area contributed by atoms with Crippen molar-refractivity contribution in [2.24, 2.45) is 0 Å². The number of para-hydroxylation sites is 2. The van der Waals surface area contributed by atoms with Crippen LogP contribution >= 0.6 is 15.9 Å². The second-order valence-electron chi connectivity index (χ2n) is 11.7. The van der Waals surface area contributed by atoms with Gasteiger partial charge in [0.05, 0.1) is 17.2 Å². The molecule has 0 saturated heterocycles. The maximum absolute atomic E-state index is 14.4. The Labute approximate surface area is 247 Å². The Morgan fingerprint density at radius 3 is 2.17 bits per heavy atom. The summed E-state index contributed by atoms with van der Waals surface area (Å²) in [5.74, 6) is -0.455. The average Bonchev–Trinajstić information content (AvgIpc) is 3.23. The van der Waals surface area contributed by atoms with Crippen LogP contribution in [0.5, 0.6) is 0 Å². The normalized spacial score (nSPS) is 17.5. The van der Waals surface area contributed by atoms with Crippen LogP contribution in [0.1, 0.15) is 54.9 Å². The zero-order chi connectivity index (χ0) is 30.4. The van der Waals surface area contributed by atoms with Crippen LogP contribution in [0.25, 0.3) is 22.6 Å². The first-order valence-corrected chi connectivity index (χ1v) is 15.0. The number of fused-ring (bicyclic) bond motifs is 1. The molecule has 2 amide bonds. The Bertz CT molecular complexity index is 1660. The maximum atomic E-state index is 14.4. The van der Waals surface area contributed by atoms with Gasteiger partial charge in [0, 0.05) is 0 Å². The van der Waals surface area contributed by atoms with Crippen molar-refractivity contribution < 1.29 is 27.5 Å². The van der Waals surface area contributed by atoms with Crippen LogP contribution in [0, 0.1) is 0 Å². The van der Waals surface area contributed by atoms with E-state index in [4.69, 9.17) is 9.47 Å². The second kappa shape index (κ2) is 10.7. The number of imide groups is 1. The van der Waals surface area contributed by atoms with Crippen molar-refractivity contribution in [1.29, 1.82) is 0 Å². The average molecular weight is 647 g/mol. The Morgan fingerprint density at radius 2 is 1.61 bits per heavy atom. The van der Waals surface area contributed by atoms with Gasteiger partial charge in [-0.2, -0.15) is 4.90 Å². The van der Waals surface area contributed by atoms with Crippen LogP contribution in [0.2, 0.25) is 0 Å². The molecule has 0 aliphatic heterocycles. The number of halogens is 1. The van der Waals surface area contributed by atoms with E-state index in [0.29, 0.717) is 15.9 Å². The molecule has 1 aliphatic carbocycles. The molecule has 1 atom stereocenters. The van der Waals surface area contributed by atoms with E-state index < -0.39 is 38.2 Å². The molecule has 0 bridgehead atoms. The molecular weight excluding hydrogens is 614 g/mol. The summed E-state index contributed by atoms with van der Waals surface area (Å²) < 4.78 is 39.8. The highest BCUT2D eigenvalue weighted by molar-refractivity contribution is 9.10. The minimum Gasteiger partial charge on any atom is -0.443 e. The van der Waals surface area contributed by atoms with E-state index in [1.807, 2.05) is 0 Å². The van der Waals surface area contributed by atoms with Crippen LogP contribution in [0.4, 0.5) is 15.4 Å². The number of carbonyl (C=O) groups excluding carboxylic acids is 2. The van der Waals surface area contributed by atoms with Crippen molar-refractivity contribution in [2.45, 2.75) is 70.8 Å². The number of imidazole rings is 1. The quantitative estimate of drug-likeness (QED) is 0.316. The van der Waals surface area contributed by atoms with Gasteiger partial charge in [0.2, 0.25) is 10.0 Å². The highest BCUT2D eigenvalue weighted by Crippen LogP contribution is 2.38. The predicted molar refractivity (Wildman–Crippen MR) is 159 cm³/mol. The number of amides is 2. The van der Waals surface area contributed by atoms with E-state index in [-0.39, 0.29) is 28.4 Å². The minimum atomic E-state index is -4.19. The third-order valence-electron chi connectivity index (χ3n) is 5.87. The molecule has 2 heterocycles. The molecule has 2 aromatic heterocycles. The summed E-state index contributed by atoms with van der Waals surface area (Å²) in [7, 11) is -4.19. The summed E-state index contributed by atoms with van der Waals surface area (Å²) >= 11 is 3.29. The number of hydrogen-bond donors (Lipinski definition) is 0. The van der Waals surface area contributed by atoms with Crippen molar-refractivity contribution >= 4 is 55.0 Å². The number of anilines is 1. The standard InChI is InChI=1S/C28H32BrN5O6S/c1-26(2,3)39-24(35)33(25(36)40-27(4,5)6)22-21(32-20(29)17-30-22)23-31-18-13-9-10-14-19(18)34(23)41(37,38)28(7)15-11-8-12-16-28/h8-15,17H,16H2,1-7H3. The summed E-state index contributed by atoms with van der Waals surface area (Å²) in [6.45, 7) is 11.5. The zero-order valence-electron chi connectivity index (χ0n) is 23.9. The molecule has 0 spiro atoms. The molecule has 13 heteroatoms. The smallest absolute Gasteiger partial charge is 0.425 e. The van der Waals surface area contributed by atoms with Gasteiger partial charge in [-0.05, 0) is 82.9 Å². The van der Waals surface area contributed by atoms with E-state index in [9.17, 15) is 18.0 Å². The van der Waals surface area contributed by atoms with Gasteiger partial charge in [-0.1, -0.05) is 36.4 Å². The van der Waals surface area contributed by atoms with Gasteiger partial charge in [0.1, 0.15) is 20.6 Å². The van der Waals surface area contributed by atoms with Crippen molar-refractivity contribution in [2.75, 3.05) is 4.90 Å². The molecule has 4 rings (SSSR count). The van der Waals surface area contributed by atoms with Crippen LogP contribution in [0.3, 0.4) is 0 Å². The van der Waals surface area contributed by atoms with E-state index in [2.05, 4.69) is 30.9 Å². The third-order valence-corrected chi connectivity index (χ3v) is 8.58. The first-order chi connectivity index (χ1) is 18.9. The fourth-order valence-corrected chi connectivity index (χ4v) is 6.06. The minimum absolute atomic E-state index is 0.142. The molecule has 41 heavy (non-hydrogen) atoms. The van der Waals surface area contributed by atoms with Crippen molar-refractivity contribution in [1.82, 2.24) is 18.9 Å². The highest BCUT2D eigenvalue weighted by atomic mass is 79.9. The molecule has 1 unspecified atom stereocenters. The molecule has 11 nitrogen and oxygen atoms in total. The molecule has 218 valence electrons. The summed E-state index contributed by atoms with van der Waals surface area (Å²) in [4.78, 5) is 41.0. The van der Waals surface area contributed by atoms with E-state index in [1.54, 1.807) is 97.0 Å². The van der Waals surface area contributed by atoms with Gasteiger partial charge in [-0.15, -0.1) is 0 Å². The van der Waals surface area contributed by atoms with Gasteiger partial charge in [-0.3, -0.25) is 0 Å². The predicted octanol–water partition coefficient (Wildman–Crippen LogP) is 6.39. The first-order valence-electron chi connectivity index (χ1n) is 12.8. The van der Waals surface area contributed by atoms with Gasteiger partial charge in [0.25, 0.3) is 0 Å². The summed E-state index contributed by atoms with van der Waals surface area (Å²) in [5, 5.41) is 0. The first kappa shape index (κ1) is 30.4. The number of nitrogens with zero attached hydrogens (tertiary/aromatic N) is 5. The monoisotopic (exact) mass is 645 g/mol. The fraction of sp³-hybridized carbons (Fsp3) is 0.393. The molecule has 1 aliphatic rings. The van der Waals surface area contributed by atoms with Crippen LogP contribution in [-0.4, -0.2) is 55.5 Å². The number of ether oxygens (including phenoxy) is 2. The largest absolute Gasteiger partial charge is 0.443 e. The topological polar surface area (TPSA) is 134 Å². The molecular formula is C28H32BrN5O6S. The van der Waals surface area contributed by atoms with Crippen LogP contribution < -0.4 is 4.90 Å². The lowest BCUT2D eigenvalue weighted by Gasteiger charge is -2.29. The Kier molecular flexibility index (Phi) is 7.91. The lowest BCUT2D eigenvalue weighted by Crippen LogP contribution is -2.44. The lowest BCUT2D eigenvalue weighted by atomic mass is 10.0. The third kappa shape index (κ3) is 6.20. The highest BCUT2D eigenvalue weighted by Gasteiger charge is 2.43. The van der Waals surface area contributed by atoms with Gasteiger partial charge < -0.3 is 9.47 Å². The lowest BCUT2D eigenvalue weighted by molar-refractivity contribution is 0.0429.